The molecule has 20 heavy (non-hydrogen) atoms. The molecule has 1 saturated heterocycles. The van der Waals surface area contributed by atoms with Crippen molar-refractivity contribution in [2.24, 2.45) is 8.73 Å². The standard InChI is InChI=1S/C11H10N4O3S2/c12-6-8-7-15(4-5-18-8)20(16,17)10-3-1-2-9-11(10)14-19-13-9/h1-3,8H,4-5,7H2. The maximum atomic E-state index is 12.7. The smallest absolute Gasteiger partial charge is 0.245 e. The van der Waals surface area contributed by atoms with E-state index in [9.17, 15) is 8.42 Å². The Bertz CT molecular complexity index is 762. The molecule has 0 radical (unpaired) electrons. The number of benzene rings is 1. The van der Waals surface area contributed by atoms with Gasteiger partial charge < -0.3 is 4.74 Å². The highest BCUT2D eigenvalue weighted by Gasteiger charge is 2.33. The van der Waals surface area contributed by atoms with Crippen molar-refractivity contribution in [1.82, 2.24) is 4.31 Å². The molecule has 0 amide bonds. The van der Waals surface area contributed by atoms with Crippen LogP contribution in [0, 0.1) is 11.3 Å². The predicted molar refractivity (Wildman–Crippen MR) is 72.1 cm³/mol. The van der Waals surface area contributed by atoms with Crippen LogP contribution in [0.15, 0.2) is 31.8 Å². The first-order valence-electron chi connectivity index (χ1n) is 5.85. The van der Waals surface area contributed by atoms with Crippen molar-refractivity contribution in [3.8, 4) is 6.07 Å². The summed E-state index contributed by atoms with van der Waals surface area (Å²) in [7, 11) is -3.70. The lowest BCUT2D eigenvalue weighted by atomic mass is 10.3. The van der Waals surface area contributed by atoms with E-state index in [1.807, 2.05) is 6.07 Å². The molecule has 1 unspecified atom stereocenters. The van der Waals surface area contributed by atoms with Crippen LogP contribution in [-0.4, -0.2) is 38.5 Å². The van der Waals surface area contributed by atoms with Gasteiger partial charge in [-0.3, -0.25) is 0 Å². The molecule has 0 aliphatic carbocycles. The largest absolute Gasteiger partial charge is 0.361 e. The second kappa shape index (κ2) is 5.06. The van der Waals surface area contributed by atoms with Crippen LogP contribution in [0.2, 0.25) is 0 Å². The third kappa shape index (κ3) is 2.16. The first kappa shape index (κ1) is 13.4. The van der Waals surface area contributed by atoms with Crippen molar-refractivity contribution >= 4 is 32.8 Å². The van der Waals surface area contributed by atoms with Crippen LogP contribution in [0.3, 0.4) is 0 Å². The number of rotatable bonds is 2. The highest BCUT2D eigenvalue weighted by molar-refractivity contribution is 7.89. The van der Waals surface area contributed by atoms with Gasteiger partial charge in [0.15, 0.2) is 6.10 Å². The Balaban J connectivity index is 2.00. The summed E-state index contributed by atoms with van der Waals surface area (Å²) in [5.74, 6) is 0. The molecule has 104 valence electrons. The second-order valence-electron chi connectivity index (χ2n) is 4.24. The summed E-state index contributed by atoms with van der Waals surface area (Å²) in [5, 5.41) is 8.87. The molecule has 2 aliphatic heterocycles. The number of nitrogens with zero attached hydrogens (tertiary/aromatic N) is 4. The van der Waals surface area contributed by atoms with Gasteiger partial charge in [0.1, 0.15) is 16.3 Å². The van der Waals surface area contributed by atoms with Crippen LogP contribution in [0.1, 0.15) is 0 Å². The quantitative estimate of drug-likeness (QED) is 0.836. The molecule has 0 bridgehead atoms. The lowest BCUT2D eigenvalue weighted by Gasteiger charge is -2.29. The summed E-state index contributed by atoms with van der Waals surface area (Å²) in [5.41, 5.74) is 0.929. The van der Waals surface area contributed by atoms with E-state index in [0.717, 1.165) is 11.4 Å². The number of hydrogen-bond acceptors (Lipinski definition) is 6. The molecular weight excluding hydrogens is 300 g/mol. The van der Waals surface area contributed by atoms with Crippen molar-refractivity contribution in [2.75, 3.05) is 19.7 Å². The highest BCUT2D eigenvalue weighted by Crippen LogP contribution is 2.38. The van der Waals surface area contributed by atoms with E-state index in [4.69, 9.17) is 10.00 Å². The van der Waals surface area contributed by atoms with Gasteiger partial charge in [-0.2, -0.15) is 18.3 Å². The Hall–Kier alpha value is -1.60. The van der Waals surface area contributed by atoms with E-state index < -0.39 is 16.1 Å². The monoisotopic (exact) mass is 310 g/mol. The first-order chi connectivity index (χ1) is 9.63. The highest BCUT2D eigenvalue weighted by atomic mass is 32.2. The zero-order valence-corrected chi connectivity index (χ0v) is 11.9. The summed E-state index contributed by atoms with van der Waals surface area (Å²) in [6.45, 7) is 0.476. The van der Waals surface area contributed by atoms with Gasteiger partial charge in [-0.25, -0.2) is 8.42 Å². The van der Waals surface area contributed by atoms with Crippen LogP contribution in [0.5, 0.6) is 0 Å². The normalized spacial score (nSPS) is 22.1. The predicted octanol–water partition coefficient (Wildman–Crippen LogP) is 1.33. The number of fused-ring (bicyclic) bond motifs is 1. The topological polar surface area (TPSA) is 95.1 Å². The fourth-order valence-corrected chi connectivity index (χ4v) is 4.23. The Kier molecular flexibility index (Phi) is 3.39. The van der Waals surface area contributed by atoms with E-state index in [-0.39, 0.29) is 24.6 Å². The summed E-state index contributed by atoms with van der Waals surface area (Å²) < 4.78 is 39.8. The molecule has 1 aromatic carbocycles. The Morgan fingerprint density at radius 2 is 2.30 bits per heavy atom. The fourth-order valence-electron chi connectivity index (χ4n) is 2.05. The van der Waals surface area contributed by atoms with Crippen LogP contribution in [0.25, 0.3) is 0 Å². The second-order valence-corrected chi connectivity index (χ2v) is 6.67. The van der Waals surface area contributed by atoms with E-state index in [2.05, 4.69) is 8.73 Å². The van der Waals surface area contributed by atoms with Crippen LogP contribution in [-0.2, 0) is 26.1 Å². The lowest BCUT2D eigenvalue weighted by Crippen LogP contribution is -2.45. The zero-order chi connectivity index (χ0) is 14.2. The number of morpholine rings is 1. The van der Waals surface area contributed by atoms with Gasteiger partial charge in [0.25, 0.3) is 0 Å². The summed E-state index contributed by atoms with van der Waals surface area (Å²) in [6.07, 6.45) is -0.730. The van der Waals surface area contributed by atoms with Gasteiger partial charge in [0.05, 0.1) is 30.6 Å². The van der Waals surface area contributed by atoms with Gasteiger partial charge in [-0.15, -0.1) is 0 Å². The Morgan fingerprint density at radius 3 is 3.10 bits per heavy atom. The maximum Gasteiger partial charge on any atom is 0.245 e. The minimum absolute atomic E-state index is 0.0345. The number of sulfonamides is 1. The van der Waals surface area contributed by atoms with E-state index in [0.29, 0.717) is 11.4 Å². The van der Waals surface area contributed by atoms with Crippen molar-refractivity contribution in [1.29, 1.82) is 5.26 Å². The molecule has 1 aromatic rings. The third-order valence-corrected chi connectivity index (χ3v) is 5.48. The van der Waals surface area contributed by atoms with Gasteiger partial charge in [-0.05, 0) is 12.1 Å². The van der Waals surface area contributed by atoms with E-state index in [1.165, 1.54) is 10.4 Å². The lowest BCUT2D eigenvalue weighted by molar-refractivity contribution is 0.0311. The van der Waals surface area contributed by atoms with E-state index in [1.54, 1.807) is 12.1 Å². The van der Waals surface area contributed by atoms with Crippen LogP contribution >= 0.6 is 0 Å². The molecule has 0 saturated carbocycles. The Labute approximate surface area is 119 Å². The maximum absolute atomic E-state index is 12.7. The van der Waals surface area contributed by atoms with Crippen molar-refractivity contribution in [3.05, 3.63) is 18.2 Å². The molecule has 9 heteroatoms. The van der Waals surface area contributed by atoms with Gasteiger partial charge >= 0.3 is 0 Å². The van der Waals surface area contributed by atoms with Gasteiger partial charge in [0.2, 0.25) is 10.0 Å². The average molecular weight is 310 g/mol. The number of nitriles is 1. The average Bonchev–Trinajstić information content (AvgIpc) is 2.95. The minimum Gasteiger partial charge on any atom is -0.361 e. The molecule has 2 heterocycles. The summed E-state index contributed by atoms with van der Waals surface area (Å²) in [6, 6.07) is 6.80. The molecule has 1 fully saturated rings. The molecule has 0 N–H and O–H groups in total. The third-order valence-electron chi connectivity index (χ3n) is 3.04. The molecule has 2 aliphatic rings. The molecule has 1 atom stereocenters. The minimum atomic E-state index is -3.70. The molecule has 0 aromatic heterocycles. The number of hydrogen-bond donors (Lipinski definition) is 0. The first-order valence-corrected chi connectivity index (χ1v) is 8.02. The van der Waals surface area contributed by atoms with Crippen molar-refractivity contribution in [2.45, 2.75) is 11.0 Å². The van der Waals surface area contributed by atoms with Gasteiger partial charge in [0, 0.05) is 6.54 Å². The SMILES string of the molecule is N#CC1CN(S(=O)(=O)c2cccc3c2N=S=N3)CCO1. The van der Waals surface area contributed by atoms with E-state index >= 15 is 0 Å². The van der Waals surface area contributed by atoms with Crippen molar-refractivity contribution < 1.29 is 13.2 Å². The molecule has 3 rings (SSSR count). The van der Waals surface area contributed by atoms with Crippen molar-refractivity contribution in [3.63, 3.8) is 0 Å². The molecule has 7 nitrogen and oxygen atoms in total. The van der Waals surface area contributed by atoms with Crippen LogP contribution < -0.4 is 0 Å². The van der Waals surface area contributed by atoms with Crippen LogP contribution in [0.4, 0.5) is 11.4 Å². The molecule has 0 spiro atoms. The molecular formula is C11H10N4O3S2. The zero-order valence-electron chi connectivity index (χ0n) is 10.3. The Morgan fingerprint density at radius 1 is 1.45 bits per heavy atom. The number of ether oxygens (including phenoxy) is 1. The summed E-state index contributed by atoms with van der Waals surface area (Å²) >= 11 is 0.975. The fraction of sp³-hybridized carbons (Fsp3) is 0.364. The summed E-state index contributed by atoms with van der Waals surface area (Å²) in [4.78, 5) is 0.127. The van der Waals surface area contributed by atoms with Gasteiger partial charge in [-0.1, -0.05) is 6.07 Å².